The van der Waals surface area contributed by atoms with Gasteiger partial charge in [0.2, 0.25) is 5.91 Å². The van der Waals surface area contributed by atoms with E-state index in [0.717, 1.165) is 26.1 Å². The van der Waals surface area contributed by atoms with E-state index in [1.165, 1.54) is 0 Å². The molecule has 1 atom stereocenters. The summed E-state index contributed by atoms with van der Waals surface area (Å²) in [7, 11) is 2.07. The van der Waals surface area contributed by atoms with Gasteiger partial charge in [-0.15, -0.1) is 0 Å². The molecule has 2 heterocycles. The summed E-state index contributed by atoms with van der Waals surface area (Å²) in [6.07, 6.45) is 1.05. The first-order valence-corrected chi connectivity index (χ1v) is 3.70. The van der Waals surface area contributed by atoms with E-state index in [9.17, 15) is 4.79 Å². The lowest BCUT2D eigenvalue weighted by atomic mass is 9.80. The van der Waals surface area contributed by atoms with Gasteiger partial charge in [0, 0.05) is 13.1 Å². The van der Waals surface area contributed by atoms with Crippen LogP contribution in [0.1, 0.15) is 6.42 Å². The summed E-state index contributed by atoms with van der Waals surface area (Å²) in [5.74, 6) is 0.261. The van der Waals surface area contributed by atoms with Crippen LogP contribution in [0.2, 0.25) is 0 Å². The summed E-state index contributed by atoms with van der Waals surface area (Å²) in [6.45, 7) is 2.93. The van der Waals surface area contributed by atoms with E-state index in [1.807, 2.05) is 0 Å². The molecule has 0 saturated carbocycles. The molecule has 0 aromatic rings. The Hall–Kier alpha value is -0.570. The van der Waals surface area contributed by atoms with E-state index in [4.69, 9.17) is 0 Å². The summed E-state index contributed by atoms with van der Waals surface area (Å²) in [6, 6.07) is 0. The highest BCUT2D eigenvalue weighted by atomic mass is 16.2. The number of likely N-dealkylation sites (tertiary alicyclic amines) is 1. The van der Waals surface area contributed by atoms with Crippen molar-refractivity contribution in [1.82, 2.24) is 10.2 Å². The molecule has 1 amide bonds. The average Bonchev–Trinajstić information content (AvgIpc) is 2.31. The fraction of sp³-hybridized carbons (Fsp3) is 0.857. The van der Waals surface area contributed by atoms with Crippen molar-refractivity contribution in [1.29, 1.82) is 0 Å². The van der Waals surface area contributed by atoms with Crippen LogP contribution in [0.4, 0.5) is 0 Å². The van der Waals surface area contributed by atoms with E-state index in [0.29, 0.717) is 0 Å². The van der Waals surface area contributed by atoms with Crippen molar-refractivity contribution < 1.29 is 4.79 Å². The van der Waals surface area contributed by atoms with E-state index in [1.54, 1.807) is 0 Å². The highest BCUT2D eigenvalue weighted by Gasteiger charge is 2.49. The highest BCUT2D eigenvalue weighted by Crippen LogP contribution is 2.34. The van der Waals surface area contributed by atoms with Crippen molar-refractivity contribution in [2.75, 3.05) is 26.7 Å². The molecular weight excluding hydrogens is 128 g/mol. The molecule has 2 aliphatic rings. The smallest absolute Gasteiger partial charge is 0.229 e. The quantitative estimate of drug-likeness (QED) is 0.457. The Labute approximate surface area is 60.4 Å². The van der Waals surface area contributed by atoms with Crippen LogP contribution < -0.4 is 5.32 Å². The monoisotopic (exact) mass is 140 g/mol. The number of carbonyl (C=O) groups is 1. The number of carbonyl (C=O) groups excluding carboxylic acids is 1. The number of β-lactam (4-membered cyclic amide) rings is 1. The van der Waals surface area contributed by atoms with Crippen LogP contribution in [0.15, 0.2) is 0 Å². The van der Waals surface area contributed by atoms with Crippen LogP contribution >= 0.6 is 0 Å². The first-order valence-electron chi connectivity index (χ1n) is 3.70. The third-order valence-corrected chi connectivity index (χ3v) is 2.61. The fourth-order valence-electron chi connectivity index (χ4n) is 1.82. The standard InChI is InChI=1S/C7H12N2O/c1-9-3-2-7(5-9)4-8-6(7)10/h2-5H2,1H3,(H,8,10). The second-order valence-electron chi connectivity index (χ2n) is 3.45. The summed E-state index contributed by atoms with van der Waals surface area (Å²) >= 11 is 0. The molecule has 3 heteroatoms. The maximum atomic E-state index is 11.1. The summed E-state index contributed by atoms with van der Waals surface area (Å²) in [5.41, 5.74) is 0.0226. The minimum absolute atomic E-state index is 0.0226. The Balaban J connectivity index is 2.11. The maximum Gasteiger partial charge on any atom is 0.229 e. The maximum absolute atomic E-state index is 11.1. The lowest BCUT2D eigenvalue weighted by molar-refractivity contribution is -0.138. The zero-order valence-electron chi connectivity index (χ0n) is 6.18. The minimum Gasteiger partial charge on any atom is -0.354 e. The van der Waals surface area contributed by atoms with Crippen molar-refractivity contribution in [3.63, 3.8) is 0 Å². The van der Waals surface area contributed by atoms with Crippen LogP contribution in [0.25, 0.3) is 0 Å². The number of amides is 1. The zero-order chi connectivity index (χ0) is 7.19. The van der Waals surface area contributed by atoms with Crippen molar-refractivity contribution >= 4 is 5.91 Å². The van der Waals surface area contributed by atoms with Gasteiger partial charge in [-0.2, -0.15) is 0 Å². The van der Waals surface area contributed by atoms with Gasteiger partial charge in [0.15, 0.2) is 0 Å². The third kappa shape index (κ3) is 0.611. The molecule has 0 aromatic heterocycles. The molecule has 1 N–H and O–H groups in total. The molecule has 56 valence electrons. The Morgan fingerprint density at radius 2 is 2.50 bits per heavy atom. The molecule has 1 unspecified atom stereocenters. The van der Waals surface area contributed by atoms with Gasteiger partial charge in [-0.3, -0.25) is 4.79 Å². The van der Waals surface area contributed by atoms with Crippen LogP contribution in [0.3, 0.4) is 0 Å². The number of nitrogens with zero attached hydrogens (tertiary/aromatic N) is 1. The van der Waals surface area contributed by atoms with Crippen molar-refractivity contribution in [3.8, 4) is 0 Å². The number of nitrogens with one attached hydrogen (secondary N) is 1. The molecule has 0 aliphatic carbocycles. The molecule has 0 aromatic carbocycles. The van der Waals surface area contributed by atoms with E-state index in [2.05, 4.69) is 17.3 Å². The topological polar surface area (TPSA) is 32.3 Å². The molecular formula is C7H12N2O. The van der Waals surface area contributed by atoms with Gasteiger partial charge in [-0.05, 0) is 20.0 Å². The van der Waals surface area contributed by atoms with Gasteiger partial charge in [0.25, 0.3) is 0 Å². The fourth-order valence-corrected chi connectivity index (χ4v) is 1.82. The van der Waals surface area contributed by atoms with Crippen molar-refractivity contribution in [2.45, 2.75) is 6.42 Å². The first-order chi connectivity index (χ1) is 4.73. The lowest BCUT2D eigenvalue weighted by Crippen LogP contribution is -2.60. The molecule has 2 saturated heterocycles. The Morgan fingerprint density at radius 3 is 2.70 bits per heavy atom. The van der Waals surface area contributed by atoms with Crippen LogP contribution in [0, 0.1) is 5.41 Å². The van der Waals surface area contributed by atoms with E-state index < -0.39 is 0 Å². The van der Waals surface area contributed by atoms with Gasteiger partial charge in [0.1, 0.15) is 0 Å². The molecule has 0 bridgehead atoms. The van der Waals surface area contributed by atoms with Crippen LogP contribution in [-0.4, -0.2) is 37.5 Å². The average molecular weight is 140 g/mol. The second-order valence-corrected chi connectivity index (χ2v) is 3.45. The number of rotatable bonds is 0. The normalized spacial score (nSPS) is 39.9. The second kappa shape index (κ2) is 1.72. The summed E-state index contributed by atoms with van der Waals surface area (Å²) in [4.78, 5) is 13.3. The highest BCUT2D eigenvalue weighted by molar-refractivity contribution is 5.89. The van der Waals surface area contributed by atoms with Gasteiger partial charge >= 0.3 is 0 Å². The largest absolute Gasteiger partial charge is 0.354 e. The zero-order valence-corrected chi connectivity index (χ0v) is 6.18. The Morgan fingerprint density at radius 1 is 1.70 bits per heavy atom. The summed E-state index contributed by atoms with van der Waals surface area (Å²) < 4.78 is 0. The predicted octanol–water partition coefficient (Wildman–Crippen LogP) is -0.562. The lowest BCUT2D eigenvalue weighted by Gasteiger charge is -2.36. The summed E-state index contributed by atoms with van der Waals surface area (Å²) in [5, 5.41) is 2.80. The predicted molar refractivity (Wildman–Crippen MR) is 37.6 cm³/mol. The minimum atomic E-state index is 0.0226. The molecule has 2 rings (SSSR count). The van der Waals surface area contributed by atoms with Gasteiger partial charge in [-0.1, -0.05) is 0 Å². The number of hydrogen-bond acceptors (Lipinski definition) is 2. The number of hydrogen-bond donors (Lipinski definition) is 1. The van der Waals surface area contributed by atoms with Crippen LogP contribution in [-0.2, 0) is 4.79 Å². The molecule has 0 radical (unpaired) electrons. The molecule has 1 spiro atoms. The van der Waals surface area contributed by atoms with Gasteiger partial charge in [0.05, 0.1) is 5.41 Å². The molecule has 10 heavy (non-hydrogen) atoms. The van der Waals surface area contributed by atoms with E-state index in [-0.39, 0.29) is 11.3 Å². The van der Waals surface area contributed by atoms with Gasteiger partial charge in [-0.25, -0.2) is 0 Å². The molecule has 3 nitrogen and oxygen atoms in total. The first kappa shape index (κ1) is 6.16. The third-order valence-electron chi connectivity index (χ3n) is 2.61. The SMILES string of the molecule is CN1CCC2(CNC2=O)C1. The van der Waals surface area contributed by atoms with Crippen molar-refractivity contribution in [2.24, 2.45) is 5.41 Å². The molecule has 2 aliphatic heterocycles. The molecule has 2 fully saturated rings. The Bertz CT molecular complexity index is 180. The van der Waals surface area contributed by atoms with E-state index >= 15 is 0 Å². The Kier molecular flexibility index (Phi) is 1.06. The van der Waals surface area contributed by atoms with Gasteiger partial charge < -0.3 is 10.2 Å². The van der Waals surface area contributed by atoms with Crippen molar-refractivity contribution in [3.05, 3.63) is 0 Å². The van der Waals surface area contributed by atoms with Crippen LogP contribution in [0.5, 0.6) is 0 Å².